The van der Waals surface area contributed by atoms with Crippen LogP contribution in [-0.2, 0) is 4.74 Å². The Kier molecular flexibility index (Phi) is 4.64. The van der Waals surface area contributed by atoms with Gasteiger partial charge in [-0.2, -0.15) is 0 Å². The molecule has 0 fully saturated rings. The largest absolute Gasteiger partial charge is 0.438 e. The second-order valence-electron chi connectivity index (χ2n) is 4.46. The molecule has 0 N–H and O–H groups in total. The molecular weight excluding hydrogens is 274 g/mol. The van der Waals surface area contributed by atoms with E-state index in [9.17, 15) is 4.79 Å². The average Bonchev–Trinajstić information content (AvgIpc) is 2.48. The van der Waals surface area contributed by atoms with E-state index in [2.05, 4.69) is 0 Å². The zero-order valence-electron chi connectivity index (χ0n) is 11.4. The smallest absolute Gasteiger partial charge is 0.340 e. The molecule has 0 amide bonds. The number of benzene rings is 2. The van der Waals surface area contributed by atoms with Gasteiger partial charge in [0.05, 0.1) is 5.56 Å². The first-order chi connectivity index (χ1) is 9.58. The van der Waals surface area contributed by atoms with Gasteiger partial charge in [-0.15, -0.1) is 0 Å². The molecule has 0 heterocycles. The maximum Gasteiger partial charge on any atom is 0.340 e. The van der Waals surface area contributed by atoms with Gasteiger partial charge in [-0.25, -0.2) is 4.79 Å². The van der Waals surface area contributed by atoms with E-state index in [4.69, 9.17) is 16.3 Å². The molecule has 0 aliphatic rings. The van der Waals surface area contributed by atoms with Gasteiger partial charge in [-0.1, -0.05) is 29.8 Å². The van der Waals surface area contributed by atoms with Crippen LogP contribution < -0.4 is 4.90 Å². The van der Waals surface area contributed by atoms with Crippen LogP contribution in [0.25, 0.3) is 0 Å². The summed E-state index contributed by atoms with van der Waals surface area (Å²) in [5, 5.41) is 0.594. The summed E-state index contributed by atoms with van der Waals surface area (Å²) in [6.07, 6.45) is -0.361. The van der Waals surface area contributed by atoms with Gasteiger partial charge >= 0.3 is 5.97 Å². The van der Waals surface area contributed by atoms with Crippen LogP contribution >= 0.6 is 11.6 Å². The van der Waals surface area contributed by atoms with Crippen LogP contribution in [0.15, 0.2) is 54.6 Å². The van der Waals surface area contributed by atoms with E-state index in [1.807, 2.05) is 49.2 Å². The summed E-state index contributed by atoms with van der Waals surface area (Å²) in [4.78, 5) is 13.9. The van der Waals surface area contributed by atoms with Crippen LogP contribution in [0.3, 0.4) is 0 Å². The Labute approximate surface area is 123 Å². The third-order valence-corrected chi connectivity index (χ3v) is 3.32. The molecule has 104 valence electrons. The van der Waals surface area contributed by atoms with Gasteiger partial charge in [0, 0.05) is 17.8 Å². The lowest BCUT2D eigenvalue weighted by Crippen LogP contribution is -2.33. The third kappa shape index (κ3) is 3.52. The van der Waals surface area contributed by atoms with Crippen LogP contribution in [-0.4, -0.2) is 19.2 Å². The molecule has 0 aliphatic heterocycles. The summed E-state index contributed by atoms with van der Waals surface area (Å²) >= 11 is 5.79. The Bertz CT molecular complexity index is 569. The van der Waals surface area contributed by atoms with Gasteiger partial charge in [0.25, 0.3) is 0 Å². The van der Waals surface area contributed by atoms with Crippen LogP contribution in [0.5, 0.6) is 0 Å². The van der Waals surface area contributed by atoms with Crippen molar-refractivity contribution >= 4 is 23.3 Å². The van der Waals surface area contributed by atoms with E-state index in [-0.39, 0.29) is 12.2 Å². The molecule has 20 heavy (non-hydrogen) atoms. The standard InChI is InChI=1S/C16H16ClNO2/c1-12(18(2)15-6-4-3-5-7-15)20-16(19)13-8-10-14(17)11-9-13/h3-12H,1-2H3. The van der Waals surface area contributed by atoms with Crippen molar-refractivity contribution in [3.8, 4) is 0 Å². The predicted octanol–water partition coefficient (Wildman–Crippen LogP) is 3.98. The number of anilines is 1. The minimum Gasteiger partial charge on any atom is -0.438 e. The van der Waals surface area contributed by atoms with Crippen molar-refractivity contribution in [2.45, 2.75) is 13.2 Å². The lowest BCUT2D eigenvalue weighted by atomic mass is 10.2. The SMILES string of the molecule is CC(OC(=O)c1ccc(Cl)cc1)N(C)c1ccccc1. The number of carbonyl (C=O) groups excluding carboxylic acids is 1. The number of carbonyl (C=O) groups is 1. The van der Waals surface area contributed by atoms with Crippen molar-refractivity contribution in [2.75, 3.05) is 11.9 Å². The molecule has 0 bridgehead atoms. The number of hydrogen-bond donors (Lipinski definition) is 0. The minimum absolute atomic E-state index is 0.361. The molecule has 0 radical (unpaired) electrons. The predicted molar refractivity (Wildman–Crippen MR) is 81.2 cm³/mol. The number of halogens is 1. The highest BCUT2D eigenvalue weighted by atomic mass is 35.5. The Morgan fingerprint density at radius 1 is 1.10 bits per heavy atom. The van der Waals surface area contributed by atoms with Crippen molar-refractivity contribution in [2.24, 2.45) is 0 Å². The lowest BCUT2D eigenvalue weighted by Gasteiger charge is -2.26. The molecule has 2 aromatic carbocycles. The molecule has 0 saturated heterocycles. The summed E-state index contributed by atoms with van der Waals surface area (Å²) in [6.45, 7) is 1.83. The van der Waals surface area contributed by atoms with Crippen molar-refractivity contribution < 1.29 is 9.53 Å². The Hall–Kier alpha value is -2.00. The lowest BCUT2D eigenvalue weighted by molar-refractivity contribution is 0.0344. The first kappa shape index (κ1) is 14.4. The molecule has 0 saturated carbocycles. The van der Waals surface area contributed by atoms with Gasteiger partial charge in [0.15, 0.2) is 6.23 Å². The molecule has 1 atom stereocenters. The van der Waals surface area contributed by atoms with Crippen molar-refractivity contribution in [3.05, 3.63) is 65.2 Å². The Balaban J connectivity index is 2.02. The second kappa shape index (κ2) is 6.44. The van der Waals surface area contributed by atoms with Crippen molar-refractivity contribution in [3.63, 3.8) is 0 Å². The topological polar surface area (TPSA) is 29.5 Å². The number of para-hydroxylation sites is 1. The maximum absolute atomic E-state index is 12.0. The van der Waals surface area contributed by atoms with Gasteiger partial charge in [-0.05, 0) is 43.3 Å². The normalized spacial score (nSPS) is 11.8. The zero-order valence-corrected chi connectivity index (χ0v) is 12.2. The number of ether oxygens (including phenoxy) is 1. The number of hydrogen-bond acceptors (Lipinski definition) is 3. The number of esters is 1. The molecule has 0 aliphatic carbocycles. The highest BCUT2D eigenvalue weighted by molar-refractivity contribution is 6.30. The van der Waals surface area contributed by atoms with E-state index < -0.39 is 0 Å². The Morgan fingerprint density at radius 3 is 2.30 bits per heavy atom. The maximum atomic E-state index is 12.0. The zero-order chi connectivity index (χ0) is 14.5. The third-order valence-electron chi connectivity index (χ3n) is 3.07. The summed E-state index contributed by atoms with van der Waals surface area (Å²) in [6, 6.07) is 16.4. The van der Waals surface area contributed by atoms with Crippen molar-refractivity contribution in [1.82, 2.24) is 0 Å². The summed E-state index contributed by atoms with van der Waals surface area (Å²) in [7, 11) is 1.88. The minimum atomic E-state index is -0.364. The highest BCUT2D eigenvalue weighted by Crippen LogP contribution is 2.16. The second-order valence-corrected chi connectivity index (χ2v) is 4.89. The van der Waals surface area contributed by atoms with E-state index >= 15 is 0 Å². The van der Waals surface area contributed by atoms with E-state index in [1.165, 1.54) is 0 Å². The summed E-state index contributed by atoms with van der Waals surface area (Å²) in [5.74, 6) is -0.364. The van der Waals surface area contributed by atoms with Crippen LogP contribution in [0.4, 0.5) is 5.69 Å². The number of rotatable bonds is 4. The number of nitrogens with zero attached hydrogens (tertiary/aromatic N) is 1. The fraction of sp³-hybridized carbons (Fsp3) is 0.188. The molecule has 0 aromatic heterocycles. The quantitative estimate of drug-likeness (QED) is 0.630. The highest BCUT2D eigenvalue weighted by Gasteiger charge is 2.16. The van der Waals surface area contributed by atoms with Crippen LogP contribution in [0.2, 0.25) is 5.02 Å². The van der Waals surface area contributed by atoms with Gasteiger partial charge in [0.1, 0.15) is 0 Å². The molecule has 1 unspecified atom stereocenters. The average molecular weight is 290 g/mol. The fourth-order valence-electron chi connectivity index (χ4n) is 1.76. The molecule has 3 nitrogen and oxygen atoms in total. The first-order valence-electron chi connectivity index (χ1n) is 6.32. The molecular formula is C16H16ClNO2. The van der Waals surface area contributed by atoms with E-state index in [0.29, 0.717) is 10.6 Å². The monoisotopic (exact) mass is 289 g/mol. The fourth-order valence-corrected chi connectivity index (χ4v) is 1.89. The van der Waals surface area contributed by atoms with E-state index in [1.54, 1.807) is 24.3 Å². The molecule has 4 heteroatoms. The summed E-state index contributed by atoms with van der Waals surface area (Å²) in [5.41, 5.74) is 1.48. The van der Waals surface area contributed by atoms with Crippen LogP contribution in [0, 0.1) is 0 Å². The van der Waals surface area contributed by atoms with Crippen molar-refractivity contribution in [1.29, 1.82) is 0 Å². The summed E-state index contributed by atoms with van der Waals surface area (Å²) < 4.78 is 5.44. The Morgan fingerprint density at radius 2 is 1.70 bits per heavy atom. The molecule has 2 rings (SSSR count). The van der Waals surface area contributed by atoms with Gasteiger partial charge in [0.2, 0.25) is 0 Å². The molecule has 0 spiro atoms. The van der Waals surface area contributed by atoms with E-state index in [0.717, 1.165) is 5.69 Å². The van der Waals surface area contributed by atoms with Gasteiger partial charge in [-0.3, -0.25) is 0 Å². The van der Waals surface area contributed by atoms with Crippen LogP contribution in [0.1, 0.15) is 17.3 Å². The van der Waals surface area contributed by atoms with Gasteiger partial charge < -0.3 is 9.64 Å². The first-order valence-corrected chi connectivity index (χ1v) is 6.70. The molecule has 2 aromatic rings.